The molecular formula is C24H21F2N3O4S. The van der Waals surface area contributed by atoms with Crippen LogP contribution in [0.2, 0.25) is 0 Å². The van der Waals surface area contributed by atoms with Crippen molar-refractivity contribution in [1.29, 1.82) is 0 Å². The van der Waals surface area contributed by atoms with Crippen LogP contribution in [0.4, 0.5) is 8.78 Å². The average Bonchev–Trinajstić information content (AvgIpc) is 3.48. The molecule has 1 aliphatic rings. The molecule has 3 aromatic carbocycles. The van der Waals surface area contributed by atoms with Crippen molar-refractivity contribution >= 4 is 20.9 Å². The minimum atomic E-state index is -4.01. The lowest BCUT2D eigenvalue weighted by molar-refractivity contribution is -0.0206. The van der Waals surface area contributed by atoms with Gasteiger partial charge in [0.2, 0.25) is 0 Å². The molecule has 4 aromatic rings. The number of fused-ring (bicyclic) bond motifs is 1. The summed E-state index contributed by atoms with van der Waals surface area (Å²) in [5.41, 5.74) is -1.00. The van der Waals surface area contributed by atoms with Gasteiger partial charge in [0.15, 0.2) is 0 Å². The van der Waals surface area contributed by atoms with Crippen molar-refractivity contribution < 1.29 is 26.1 Å². The molecule has 0 radical (unpaired) electrons. The average molecular weight is 486 g/mol. The number of benzene rings is 3. The van der Waals surface area contributed by atoms with E-state index in [9.17, 15) is 17.2 Å². The van der Waals surface area contributed by atoms with Crippen molar-refractivity contribution in [3.8, 4) is 0 Å². The van der Waals surface area contributed by atoms with Gasteiger partial charge in [-0.15, -0.1) is 0 Å². The van der Waals surface area contributed by atoms with Gasteiger partial charge in [0.1, 0.15) is 29.9 Å². The maximum Gasteiger partial charge on any atom is 0.297 e. The molecule has 1 saturated heterocycles. The van der Waals surface area contributed by atoms with Crippen LogP contribution in [0, 0.1) is 17.6 Å². The second-order valence-electron chi connectivity index (χ2n) is 8.34. The van der Waals surface area contributed by atoms with E-state index in [1.807, 2.05) is 24.3 Å². The van der Waals surface area contributed by atoms with E-state index in [1.165, 1.54) is 35.5 Å². The molecule has 0 saturated carbocycles. The van der Waals surface area contributed by atoms with Gasteiger partial charge in [0.25, 0.3) is 10.1 Å². The predicted octanol–water partition coefficient (Wildman–Crippen LogP) is 4.05. The zero-order valence-electron chi connectivity index (χ0n) is 18.0. The molecule has 10 heteroatoms. The van der Waals surface area contributed by atoms with E-state index >= 15 is 0 Å². The predicted molar refractivity (Wildman–Crippen MR) is 119 cm³/mol. The van der Waals surface area contributed by atoms with E-state index in [2.05, 4.69) is 10.1 Å². The number of hydrogen-bond donors (Lipinski definition) is 0. The molecule has 7 nitrogen and oxygen atoms in total. The van der Waals surface area contributed by atoms with Crippen molar-refractivity contribution in [2.75, 3.05) is 13.2 Å². The lowest BCUT2D eigenvalue weighted by atomic mass is 9.87. The smallest absolute Gasteiger partial charge is 0.297 e. The first-order valence-electron chi connectivity index (χ1n) is 10.6. The van der Waals surface area contributed by atoms with Crippen molar-refractivity contribution in [2.45, 2.75) is 23.5 Å². The van der Waals surface area contributed by atoms with Gasteiger partial charge in [-0.2, -0.15) is 13.5 Å². The van der Waals surface area contributed by atoms with Gasteiger partial charge < -0.3 is 4.74 Å². The first-order valence-corrected chi connectivity index (χ1v) is 12.1. The number of nitrogens with zero attached hydrogens (tertiary/aromatic N) is 3. The first kappa shape index (κ1) is 22.6. The number of hydrogen-bond acceptors (Lipinski definition) is 6. The molecule has 0 amide bonds. The zero-order valence-corrected chi connectivity index (χ0v) is 18.8. The molecule has 0 bridgehead atoms. The molecule has 2 atom stereocenters. The van der Waals surface area contributed by atoms with Crippen molar-refractivity contribution in [3.63, 3.8) is 0 Å². The van der Waals surface area contributed by atoms with Crippen LogP contribution in [0.3, 0.4) is 0 Å². The van der Waals surface area contributed by atoms with E-state index in [-0.39, 0.29) is 42.6 Å². The summed E-state index contributed by atoms with van der Waals surface area (Å²) in [6.45, 7) is 0.124. The largest absolute Gasteiger partial charge is 0.368 e. The fourth-order valence-electron chi connectivity index (χ4n) is 4.36. The summed E-state index contributed by atoms with van der Waals surface area (Å²) in [7, 11) is -4.01. The highest BCUT2D eigenvalue weighted by atomic mass is 32.2. The summed E-state index contributed by atoms with van der Waals surface area (Å²) in [6.07, 6.45) is 3.07. The molecule has 1 aliphatic heterocycles. The first-order chi connectivity index (χ1) is 16.3. The van der Waals surface area contributed by atoms with E-state index in [0.717, 1.165) is 16.8 Å². The maximum atomic E-state index is 14.7. The second-order valence-corrected chi connectivity index (χ2v) is 9.96. The quantitative estimate of drug-likeness (QED) is 0.368. The zero-order chi connectivity index (χ0) is 23.8. The highest BCUT2D eigenvalue weighted by Gasteiger charge is 2.45. The number of ether oxygens (including phenoxy) is 1. The Bertz CT molecular complexity index is 1430. The van der Waals surface area contributed by atoms with Gasteiger partial charge in [-0.3, -0.25) is 4.18 Å². The third kappa shape index (κ3) is 4.44. The Labute approximate surface area is 195 Å². The van der Waals surface area contributed by atoms with E-state index in [0.29, 0.717) is 0 Å². The SMILES string of the molecule is O=S(=O)(OCC1COC(Cn2cncn2)(c2ccc(F)cc2F)C1)c1ccc2ccccc2c1. The molecule has 1 aromatic heterocycles. The Morgan fingerprint density at radius 1 is 1.09 bits per heavy atom. The fraction of sp³-hybridized carbons (Fsp3) is 0.250. The van der Waals surface area contributed by atoms with Crippen molar-refractivity contribution in [3.05, 3.63) is 90.5 Å². The minimum Gasteiger partial charge on any atom is -0.368 e. The van der Waals surface area contributed by atoms with Crippen LogP contribution in [0.15, 0.2) is 78.2 Å². The Kier molecular flexibility index (Phi) is 5.88. The topological polar surface area (TPSA) is 83.3 Å². The van der Waals surface area contributed by atoms with Crippen molar-refractivity contribution in [1.82, 2.24) is 14.8 Å². The van der Waals surface area contributed by atoms with Gasteiger partial charge in [-0.05, 0) is 35.4 Å². The van der Waals surface area contributed by atoms with Gasteiger partial charge in [-0.1, -0.05) is 36.4 Å². The molecule has 176 valence electrons. The van der Waals surface area contributed by atoms with Gasteiger partial charge in [0, 0.05) is 17.5 Å². The lowest BCUT2D eigenvalue weighted by Crippen LogP contribution is -2.32. The van der Waals surface area contributed by atoms with Gasteiger partial charge >= 0.3 is 0 Å². The van der Waals surface area contributed by atoms with Crippen LogP contribution in [0.1, 0.15) is 12.0 Å². The van der Waals surface area contributed by atoms with E-state index < -0.39 is 27.4 Å². The molecular weight excluding hydrogens is 464 g/mol. The Morgan fingerprint density at radius 2 is 1.91 bits per heavy atom. The molecule has 1 fully saturated rings. The van der Waals surface area contributed by atoms with E-state index in [4.69, 9.17) is 8.92 Å². The second kappa shape index (κ2) is 8.86. The Morgan fingerprint density at radius 3 is 2.68 bits per heavy atom. The molecule has 34 heavy (non-hydrogen) atoms. The standard InChI is InChI=1S/C24H21F2N3O4S/c25-20-6-8-22(23(26)10-20)24(14-29-16-27-15-28-29)11-17(12-32-24)13-33-34(30,31)21-7-5-18-3-1-2-4-19(18)9-21/h1-10,15-17H,11-14H2. The number of halogens is 2. The maximum absolute atomic E-state index is 14.7. The van der Waals surface area contributed by atoms with Crippen LogP contribution in [0.5, 0.6) is 0 Å². The Balaban J connectivity index is 1.35. The van der Waals surface area contributed by atoms with Gasteiger partial charge in [-0.25, -0.2) is 18.4 Å². The lowest BCUT2D eigenvalue weighted by Gasteiger charge is -2.29. The third-order valence-electron chi connectivity index (χ3n) is 5.99. The highest BCUT2D eigenvalue weighted by molar-refractivity contribution is 7.86. The minimum absolute atomic E-state index is 0.0589. The monoisotopic (exact) mass is 485 g/mol. The van der Waals surface area contributed by atoms with E-state index in [1.54, 1.807) is 12.1 Å². The molecule has 5 rings (SSSR count). The molecule has 0 aliphatic carbocycles. The number of aromatic nitrogens is 3. The van der Waals surface area contributed by atoms with Crippen LogP contribution in [-0.2, 0) is 31.2 Å². The van der Waals surface area contributed by atoms with Crippen LogP contribution in [-0.4, -0.2) is 36.4 Å². The summed E-state index contributed by atoms with van der Waals surface area (Å²) in [5.74, 6) is -1.79. The fourth-order valence-corrected chi connectivity index (χ4v) is 5.38. The Hall–Kier alpha value is -3.21. The number of rotatable bonds is 7. The molecule has 2 unspecified atom stereocenters. The molecule has 0 N–H and O–H groups in total. The summed E-state index contributed by atoms with van der Waals surface area (Å²) in [4.78, 5) is 3.97. The summed E-state index contributed by atoms with van der Waals surface area (Å²) in [5, 5.41) is 5.78. The normalized spacial score (nSPS) is 20.7. The van der Waals surface area contributed by atoms with Gasteiger partial charge in [0.05, 0.1) is 24.7 Å². The summed E-state index contributed by atoms with van der Waals surface area (Å²) in [6, 6.07) is 15.5. The van der Waals surface area contributed by atoms with Crippen LogP contribution < -0.4 is 0 Å². The van der Waals surface area contributed by atoms with Crippen LogP contribution in [0.25, 0.3) is 10.8 Å². The molecule has 0 spiro atoms. The molecule has 2 heterocycles. The third-order valence-corrected chi connectivity index (χ3v) is 7.27. The summed E-state index contributed by atoms with van der Waals surface area (Å²) < 4.78 is 66.8. The summed E-state index contributed by atoms with van der Waals surface area (Å²) >= 11 is 0. The van der Waals surface area contributed by atoms with Crippen molar-refractivity contribution in [2.24, 2.45) is 5.92 Å². The van der Waals surface area contributed by atoms with Crippen LogP contribution >= 0.6 is 0 Å². The highest BCUT2D eigenvalue weighted by Crippen LogP contribution is 2.42.